The van der Waals surface area contributed by atoms with Gasteiger partial charge in [0.25, 0.3) is 0 Å². The molecule has 0 radical (unpaired) electrons. The van der Waals surface area contributed by atoms with Gasteiger partial charge in [0.15, 0.2) is 0 Å². The van der Waals surface area contributed by atoms with E-state index in [1.165, 1.54) is 5.19 Å². The van der Waals surface area contributed by atoms with Crippen molar-refractivity contribution in [3.8, 4) is 0 Å². The Morgan fingerprint density at radius 1 is 1.19 bits per heavy atom. The van der Waals surface area contributed by atoms with E-state index >= 15 is 0 Å². The highest BCUT2D eigenvalue weighted by molar-refractivity contribution is 6.91. The molecule has 1 aromatic rings. The van der Waals surface area contributed by atoms with Crippen LogP contribution in [0.25, 0.3) is 0 Å². The maximum atomic E-state index is 10.1. The zero-order valence-corrected chi connectivity index (χ0v) is 11.1. The van der Waals surface area contributed by atoms with Gasteiger partial charge in [0.1, 0.15) is 0 Å². The second-order valence-electron chi connectivity index (χ2n) is 5.19. The van der Waals surface area contributed by atoms with Gasteiger partial charge in [-0.3, -0.25) is 0 Å². The molecular weight excluding hydrogens is 212 g/mol. The molecule has 1 aliphatic carbocycles. The molecule has 0 saturated carbocycles. The van der Waals surface area contributed by atoms with Crippen molar-refractivity contribution in [2.75, 3.05) is 0 Å². The van der Waals surface area contributed by atoms with Gasteiger partial charge in [-0.25, -0.2) is 0 Å². The van der Waals surface area contributed by atoms with Crippen molar-refractivity contribution in [1.29, 1.82) is 0 Å². The SMILES string of the molecule is C[Si](C)(c1ccccc1)[C@@H]1C=CCC[C@@H]1O. The van der Waals surface area contributed by atoms with Crippen molar-refractivity contribution in [3.05, 3.63) is 42.5 Å². The van der Waals surface area contributed by atoms with Crippen LogP contribution in [0.4, 0.5) is 0 Å². The molecule has 0 bridgehead atoms. The van der Waals surface area contributed by atoms with Crippen LogP contribution in [0.2, 0.25) is 18.6 Å². The van der Waals surface area contributed by atoms with Gasteiger partial charge in [0.2, 0.25) is 0 Å². The standard InChI is InChI=1S/C14H20OSi/c1-16(2,12-8-4-3-5-9-12)14-11-7-6-10-13(14)15/h3-5,7-9,11,13-15H,6,10H2,1-2H3/t13-,14+/m0/s1. The molecule has 0 saturated heterocycles. The van der Waals surface area contributed by atoms with Crippen LogP contribution in [0, 0.1) is 0 Å². The average molecular weight is 232 g/mol. The highest BCUT2D eigenvalue weighted by Gasteiger charge is 2.37. The summed E-state index contributed by atoms with van der Waals surface area (Å²) in [5.74, 6) is 0. The summed E-state index contributed by atoms with van der Waals surface area (Å²) in [4.78, 5) is 0. The molecule has 0 unspecified atom stereocenters. The number of hydrogen-bond donors (Lipinski definition) is 1. The molecule has 0 aromatic heterocycles. The molecule has 1 N–H and O–H groups in total. The van der Waals surface area contributed by atoms with Crippen molar-refractivity contribution in [3.63, 3.8) is 0 Å². The minimum absolute atomic E-state index is 0.146. The van der Waals surface area contributed by atoms with Crippen LogP contribution in [0.3, 0.4) is 0 Å². The van der Waals surface area contributed by atoms with Crippen molar-refractivity contribution in [2.45, 2.75) is 37.6 Å². The molecule has 0 amide bonds. The fraction of sp³-hybridized carbons (Fsp3) is 0.429. The molecular formula is C14H20OSi. The summed E-state index contributed by atoms with van der Waals surface area (Å²) in [6.45, 7) is 4.71. The third-order valence-electron chi connectivity index (χ3n) is 3.74. The molecule has 0 aliphatic heterocycles. The molecule has 16 heavy (non-hydrogen) atoms. The lowest BCUT2D eigenvalue weighted by atomic mass is 10.0. The predicted octanol–water partition coefficient (Wildman–Crippen LogP) is 2.68. The van der Waals surface area contributed by atoms with Crippen LogP contribution < -0.4 is 5.19 Å². The van der Waals surface area contributed by atoms with E-state index in [9.17, 15) is 5.11 Å². The fourth-order valence-electron chi connectivity index (χ4n) is 2.60. The van der Waals surface area contributed by atoms with Gasteiger partial charge in [-0.2, -0.15) is 0 Å². The zero-order valence-electron chi connectivity index (χ0n) is 10.1. The van der Waals surface area contributed by atoms with Gasteiger partial charge in [-0.1, -0.05) is 60.8 Å². The summed E-state index contributed by atoms with van der Waals surface area (Å²) < 4.78 is 0. The minimum atomic E-state index is -1.58. The Kier molecular flexibility index (Phi) is 3.31. The number of allylic oxidation sites excluding steroid dienone is 1. The fourth-order valence-corrected chi connectivity index (χ4v) is 5.78. The lowest BCUT2D eigenvalue weighted by Crippen LogP contribution is -2.49. The van der Waals surface area contributed by atoms with E-state index in [4.69, 9.17) is 0 Å². The first-order valence-corrected chi connectivity index (χ1v) is 9.10. The van der Waals surface area contributed by atoms with E-state index in [0.29, 0.717) is 5.54 Å². The summed E-state index contributed by atoms with van der Waals surface area (Å²) in [6, 6.07) is 10.7. The van der Waals surface area contributed by atoms with Crippen LogP contribution in [-0.2, 0) is 0 Å². The Bertz CT molecular complexity index is 370. The van der Waals surface area contributed by atoms with E-state index < -0.39 is 8.07 Å². The quantitative estimate of drug-likeness (QED) is 0.614. The van der Waals surface area contributed by atoms with Crippen molar-refractivity contribution < 1.29 is 5.11 Å². The third-order valence-corrected chi connectivity index (χ3v) is 7.80. The Balaban J connectivity index is 2.31. The van der Waals surface area contributed by atoms with Crippen LogP contribution >= 0.6 is 0 Å². The zero-order chi connectivity index (χ0) is 11.6. The summed E-state index contributed by atoms with van der Waals surface area (Å²) >= 11 is 0. The summed E-state index contributed by atoms with van der Waals surface area (Å²) in [5.41, 5.74) is 0.364. The normalized spacial score (nSPS) is 25.7. The van der Waals surface area contributed by atoms with E-state index in [1.54, 1.807) is 0 Å². The van der Waals surface area contributed by atoms with E-state index in [1.807, 2.05) is 0 Å². The molecule has 2 heteroatoms. The maximum Gasteiger partial charge on any atom is 0.0901 e. The lowest BCUT2D eigenvalue weighted by molar-refractivity contribution is 0.162. The number of benzene rings is 1. The molecule has 0 spiro atoms. The van der Waals surface area contributed by atoms with Gasteiger partial charge in [-0.15, -0.1) is 0 Å². The maximum absolute atomic E-state index is 10.1. The second kappa shape index (κ2) is 4.56. The first kappa shape index (κ1) is 11.6. The topological polar surface area (TPSA) is 20.2 Å². The number of rotatable bonds is 2. The van der Waals surface area contributed by atoms with Crippen LogP contribution in [0.1, 0.15) is 12.8 Å². The minimum Gasteiger partial charge on any atom is -0.393 e. The third kappa shape index (κ3) is 2.13. The summed E-state index contributed by atoms with van der Waals surface area (Å²) in [7, 11) is -1.58. The number of aliphatic hydroxyl groups excluding tert-OH is 1. The van der Waals surface area contributed by atoms with Crippen molar-refractivity contribution in [2.24, 2.45) is 0 Å². The van der Waals surface area contributed by atoms with Gasteiger partial charge in [-0.05, 0) is 12.8 Å². The van der Waals surface area contributed by atoms with Gasteiger partial charge in [0.05, 0.1) is 14.2 Å². The molecule has 2 atom stereocenters. The van der Waals surface area contributed by atoms with Gasteiger partial charge in [0, 0.05) is 5.54 Å². The smallest absolute Gasteiger partial charge is 0.0901 e. The largest absolute Gasteiger partial charge is 0.393 e. The van der Waals surface area contributed by atoms with Crippen molar-refractivity contribution >= 4 is 13.3 Å². The van der Waals surface area contributed by atoms with Crippen molar-refractivity contribution in [1.82, 2.24) is 0 Å². The van der Waals surface area contributed by atoms with Gasteiger partial charge < -0.3 is 5.11 Å². The second-order valence-corrected chi connectivity index (χ2v) is 9.87. The Labute approximate surface area is 98.8 Å². The summed E-state index contributed by atoms with van der Waals surface area (Å²) in [6.07, 6.45) is 6.27. The van der Waals surface area contributed by atoms with E-state index in [2.05, 4.69) is 55.6 Å². The Morgan fingerprint density at radius 2 is 1.88 bits per heavy atom. The lowest BCUT2D eigenvalue weighted by Gasteiger charge is -2.36. The predicted molar refractivity (Wildman–Crippen MR) is 71.7 cm³/mol. The molecule has 0 fully saturated rings. The molecule has 86 valence electrons. The Hall–Kier alpha value is -0.863. The van der Waals surface area contributed by atoms with Crippen LogP contribution in [-0.4, -0.2) is 19.3 Å². The molecule has 2 rings (SSSR count). The highest BCUT2D eigenvalue weighted by atomic mass is 28.3. The summed E-state index contributed by atoms with van der Waals surface area (Å²) in [5, 5.41) is 11.6. The van der Waals surface area contributed by atoms with Gasteiger partial charge >= 0.3 is 0 Å². The average Bonchev–Trinajstić information content (AvgIpc) is 2.30. The molecule has 1 nitrogen and oxygen atoms in total. The van der Waals surface area contributed by atoms with E-state index in [0.717, 1.165) is 12.8 Å². The number of hydrogen-bond acceptors (Lipinski definition) is 1. The first-order valence-electron chi connectivity index (χ1n) is 6.02. The van der Waals surface area contributed by atoms with E-state index in [-0.39, 0.29) is 6.10 Å². The Morgan fingerprint density at radius 3 is 2.50 bits per heavy atom. The highest BCUT2D eigenvalue weighted by Crippen LogP contribution is 2.32. The van der Waals surface area contributed by atoms with Crippen LogP contribution in [0.5, 0.6) is 0 Å². The first-order chi connectivity index (χ1) is 7.62. The molecule has 1 aromatic carbocycles. The number of aliphatic hydroxyl groups is 1. The van der Waals surface area contributed by atoms with Crippen LogP contribution in [0.15, 0.2) is 42.5 Å². The molecule has 1 aliphatic rings. The molecule has 0 heterocycles. The monoisotopic (exact) mass is 232 g/mol.